The topological polar surface area (TPSA) is 39.1 Å². The summed E-state index contributed by atoms with van der Waals surface area (Å²) in [6.07, 6.45) is 3.56. The molecular formula is C15H20BrN3O. The molecule has 0 bridgehead atoms. The van der Waals surface area contributed by atoms with E-state index < -0.39 is 0 Å². The van der Waals surface area contributed by atoms with E-state index in [0.29, 0.717) is 0 Å². The number of nitrogens with one attached hydrogen (secondary N) is 1. The van der Waals surface area contributed by atoms with Crippen LogP contribution >= 0.6 is 15.9 Å². The molecule has 4 nitrogen and oxygen atoms in total. The third kappa shape index (κ3) is 4.35. The molecule has 0 amide bonds. The molecule has 2 rings (SSSR count). The van der Waals surface area contributed by atoms with Crippen LogP contribution in [0.5, 0.6) is 11.5 Å². The van der Waals surface area contributed by atoms with Gasteiger partial charge in [0.1, 0.15) is 5.75 Å². The summed E-state index contributed by atoms with van der Waals surface area (Å²) < 4.78 is 8.64. The second-order valence-electron chi connectivity index (χ2n) is 5.81. The summed E-state index contributed by atoms with van der Waals surface area (Å²) in [7, 11) is 1.87. The lowest BCUT2D eigenvalue weighted by molar-refractivity contribution is 0.414. The standard InChI is InChI=1S/C15H20BrN3O/c1-15(2,3)17-8-11-5-6-12(16)7-14(11)20-13-9-18-19(4)10-13/h5-7,9-10,17H,8H2,1-4H3. The normalized spacial score (nSPS) is 11.7. The van der Waals surface area contributed by atoms with E-state index in [0.717, 1.165) is 28.1 Å². The highest BCUT2D eigenvalue weighted by Gasteiger charge is 2.12. The van der Waals surface area contributed by atoms with Crippen molar-refractivity contribution in [3.63, 3.8) is 0 Å². The number of aromatic nitrogens is 2. The smallest absolute Gasteiger partial charge is 0.165 e. The Bertz CT molecular complexity index is 587. The molecule has 1 N–H and O–H groups in total. The van der Waals surface area contributed by atoms with Crippen molar-refractivity contribution in [1.82, 2.24) is 15.1 Å². The summed E-state index contributed by atoms with van der Waals surface area (Å²) in [6, 6.07) is 6.07. The van der Waals surface area contributed by atoms with Crippen molar-refractivity contribution < 1.29 is 4.74 Å². The van der Waals surface area contributed by atoms with Gasteiger partial charge < -0.3 is 10.1 Å². The first-order valence-corrected chi connectivity index (χ1v) is 7.33. The van der Waals surface area contributed by atoms with Gasteiger partial charge in [-0.2, -0.15) is 5.10 Å². The van der Waals surface area contributed by atoms with Crippen molar-refractivity contribution in [2.45, 2.75) is 32.9 Å². The van der Waals surface area contributed by atoms with Crippen LogP contribution in [0, 0.1) is 0 Å². The molecule has 0 radical (unpaired) electrons. The van der Waals surface area contributed by atoms with E-state index in [9.17, 15) is 0 Å². The molecule has 1 aromatic carbocycles. The minimum atomic E-state index is 0.0681. The summed E-state index contributed by atoms with van der Waals surface area (Å²) in [6.45, 7) is 7.20. The maximum atomic E-state index is 5.92. The Kier molecular flexibility index (Phi) is 4.50. The number of hydrogen-bond acceptors (Lipinski definition) is 3. The van der Waals surface area contributed by atoms with Gasteiger partial charge in [0.05, 0.1) is 12.4 Å². The number of rotatable bonds is 4. The summed E-state index contributed by atoms with van der Waals surface area (Å²) in [4.78, 5) is 0. The fourth-order valence-corrected chi connectivity index (χ4v) is 2.05. The van der Waals surface area contributed by atoms with E-state index in [1.807, 2.05) is 25.4 Å². The molecule has 20 heavy (non-hydrogen) atoms. The zero-order valence-electron chi connectivity index (χ0n) is 12.3. The van der Waals surface area contributed by atoms with Crippen molar-refractivity contribution in [2.75, 3.05) is 0 Å². The zero-order chi connectivity index (χ0) is 14.8. The third-order valence-electron chi connectivity index (χ3n) is 2.75. The molecule has 0 saturated heterocycles. The van der Waals surface area contributed by atoms with Crippen LogP contribution in [0.1, 0.15) is 26.3 Å². The lowest BCUT2D eigenvalue weighted by atomic mass is 10.1. The molecule has 0 atom stereocenters. The maximum absolute atomic E-state index is 5.92. The first-order valence-electron chi connectivity index (χ1n) is 6.53. The number of benzene rings is 1. The van der Waals surface area contributed by atoms with Crippen LogP contribution in [0.4, 0.5) is 0 Å². The molecule has 0 aliphatic carbocycles. The third-order valence-corrected chi connectivity index (χ3v) is 3.24. The molecule has 0 aliphatic rings. The van der Waals surface area contributed by atoms with Gasteiger partial charge in [-0.3, -0.25) is 4.68 Å². The van der Waals surface area contributed by atoms with Gasteiger partial charge in [0.2, 0.25) is 0 Å². The van der Waals surface area contributed by atoms with Crippen molar-refractivity contribution in [1.29, 1.82) is 0 Å². The second kappa shape index (κ2) is 5.97. The zero-order valence-corrected chi connectivity index (χ0v) is 13.9. The molecule has 5 heteroatoms. The van der Waals surface area contributed by atoms with Crippen LogP contribution in [-0.2, 0) is 13.6 Å². The molecule has 1 heterocycles. The number of ether oxygens (including phenoxy) is 1. The van der Waals surface area contributed by atoms with Gasteiger partial charge in [-0.05, 0) is 32.9 Å². The van der Waals surface area contributed by atoms with E-state index in [1.54, 1.807) is 10.9 Å². The Morgan fingerprint density at radius 1 is 1.35 bits per heavy atom. The Labute approximate surface area is 128 Å². The van der Waals surface area contributed by atoms with Crippen LogP contribution in [-0.4, -0.2) is 15.3 Å². The lowest BCUT2D eigenvalue weighted by Crippen LogP contribution is -2.35. The van der Waals surface area contributed by atoms with Gasteiger partial charge in [0.15, 0.2) is 5.75 Å². The minimum absolute atomic E-state index is 0.0681. The van der Waals surface area contributed by atoms with E-state index >= 15 is 0 Å². The van der Waals surface area contributed by atoms with Crippen molar-refractivity contribution in [3.8, 4) is 11.5 Å². The highest BCUT2D eigenvalue weighted by Crippen LogP contribution is 2.28. The average molecular weight is 338 g/mol. The Morgan fingerprint density at radius 2 is 2.10 bits per heavy atom. The Balaban J connectivity index is 2.19. The maximum Gasteiger partial charge on any atom is 0.165 e. The summed E-state index contributed by atoms with van der Waals surface area (Å²) in [5.41, 5.74) is 1.19. The van der Waals surface area contributed by atoms with Crippen molar-refractivity contribution >= 4 is 15.9 Å². The predicted octanol–water partition coefficient (Wildman–Crippen LogP) is 3.86. The monoisotopic (exact) mass is 337 g/mol. The fourth-order valence-electron chi connectivity index (χ4n) is 1.71. The first kappa shape index (κ1) is 15.1. The Hall–Kier alpha value is -1.33. The van der Waals surface area contributed by atoms with Crippen LogP contribution in [0.3, 0.4) is 0 Å². The molecule has 0 aliphatic heterocycles. The van der Waals surface area contributed by atoms with E-state index in [1.165, 1.54) is 0 Å². The lowest BCUT2D eigenvalue weighted by Gasteiger charge is -2.21. The van der Waals surface area contributed by atoms with E-state index in [-0.39, 0.29) is 5.54 Å². The molecule has 2 aromatic rings. The fraction of sp³-hybridized carbons (Fsp3) is 0.400. The van der Waals surface area contributed by atoms with Gasteiger partial charge in [-0.1, -0.05) is 22.0 Å². The molecule has 0 fully saturated rings. The van der Waals surface area contributed by atoms with Crippen LogP contribution in [0.15, 0.2) is 35.1 Å². The predicted molar refractivity (Wildman–Crippen MR) is 84.0 cm³/mol. The van der Waals surface area contributed by atoms with Gasteiger partial charge in [0, 0.05) is 29.2 Å². The number of hydrogen-bond donors (Lipinski definition) is 1. The van der Waals surface area contributed by atoms with Gasteiger partial charge >= 0.3 is 0 Å². The molecular weight excluding hydrogens is 318 g/mol. The molecule has 0 unspecified atom stereocenters. The van der Waals surface area contributed by atoms with Crippen LogP contribution in [0.2, 0.25) is 0 Å². The van der Waals surface area contributed by atoms with Crippen molar-refractivity contribution in [3.05, 3.63) is 40.6 Å². The van der Waals surface area contributed by atoms with Gasteiger partial charge in [0.25, 0.3) is 0 Å². The van der Waals surface area contributed by atoms with E-state index in [2.05, 4.69) is 53.2 Å². The SMILES string of the molecule is Cn1cc(Oc2cc(Br)ccc2CNC(C)(C)C)cn1. The quantitative estimate of drug-likeness (QED) is 0.920. The second-order valence-corrected chi connectivity index (χ2v) is 6.72. The number of halogens is 1. The molecule has 0 saturated carbocycles. The van der Waals surface area contributed by atoms with Gasteiger partial charge in [-0.15, -0.1) is 0 Å². The van der Waals surface area contributed by atoms with Crippen LogP contribution in [0.25, 0.3) is 0 Å². The van der Waals surface area contributed by atoms with Crippen molar-refractivity contribution in [2.24, 2.45) is 7.05 Å². The number of nitrogens with zero attached hydrogens (tertiary/aromatic N) is 2. The highest BCUT2D eigenvalue weighted by atomic mass is 79.9. The minimum Gasteiger partial charge on any atom is -0.454 e. The van der Waals surface area contributed by atoms with Crippen LogP contribution < -0.4 is 10.1 Å². The van der Waals surface area contributed by atoms with Gasteiger partial charge in [-0.25, -0.2) is 0 Å². The molecule has 108 valence electrons. The highest BCUT2D eigenvalue weighted by molar-refractivity contribution is 9.10. The molecule has 0 spiro atoms. The Morgan fingerprint density at radius 3 is 2.70 bits per heavy atom. The number of aryl methyl sites for hydroxylation is 1. The summed E-state index contributed by atoms with van der Waals surface area (Å²) in [5, 5.41) is 7.59. The molecule has 1 aromatic heterocycles. The average Bonchev–Trinajstić information content (AvgIpc) is 2.72. The first-order chi connectivity index (χ1) is 9.33. The summed E-state index contributed by atoms with van der Waals surface area (Å²) in [5.74, 6) is 1.58. The largest absolute Gasteiger partial charge is 0.454 e. The summed E-state index contributed by atoms with van der Waals surface area (Å²) >= 11 is 3.48. The van der Waals surface area contributed by atoms with E-state index in [4.69, 9.17) is 4.74 Å².